The fraction of sp³-hybridized carbons (Fsp3) is 0.667. The number of piperidine rings is 2. The average Bonchev–Trinajstić information content (AvgIpc) is 3.28. The molecule has 8 nitrogen and oxygen atoms in total. The van der Waals surface area contributed by atoms with Gasteiger partial charge in [0, 0.05) is 44.9 Å². The van der Waals surface area contributed by atoms with Gasteiger partial charge < -0.3 is 24.2 Å². The van der Waals surface area contributed by atoms with Gasteiger partial charge in [-0.25, -0.2) is 4.79 Å². The van der Waals surface area contributed by atoms with Crippen molar-refractivity contribution in [3.05, 3.63) is 29.8 Å². The number of ether oxygens (including phenoxy) is 2. The van der Waals surface area contributed by atoms with Crippen molar-refractivity contribution in [2.45, 2.75) is 51.5 Å². The molecule has 3 fully saturated rings. The Balaban J connectivity index is 1.42. The predicted molar refractivity (Wildman–Crippen MR) is 133 cm³/mol. The first-order chi connectivity index (χ1) is 17.0. The highest BCUT2D eigenvalue weighted by molar-refractivity contribution is 6.00. The number of hydrogen-bond acceptors (Lipinski definition) is 6. The molecular formula is C27H39N3O5. The molecule has 3 saturated heterocycles. The number of esters is 1. The molecular weight excluding hydrogens is 446 g/mol. The zero-order valence-electron chi connectivity index (χ0n) is 21.1. The fourth-order valence-corrected chi connectivity index (χ4v) is 5.94. The normalized spacial score (nSPS) is 24.8. The van der Waals surface area contributed by atoms with Crippen LogP contribution in [0.3, 0.4) is 0 Å². The van der Waals surface area contributed by atoms with Crippen LogP contribution in [0.1, 0.15) is 55.8 Å². The summed E-state index contributed by atoms with van der Waals surface area (Å²) in [6.45, 7) is 6.57. The molecule has 0 bridgehead atoms. The van der Waals surface area contributed by atoms with E-state index in [-0.39, 0.29) is 30.1 Å². The number of amides is 2. The molecule has 8 heteroatoms. The molecule has 0 aliphatic carbocycles. The summed E-state index contributed by atoms with van der Waals surface area (Å²) in [6.07, 6.45) is 6.31. The van der Waals surface area contributed by atoms with E-state index in [1.807, 2.05) is 4.90 Å². The highest BCUT2D eigenvalue weighted by Gasteiger charge is 2.39. The first-order valence-corrected chi connectivity index (χ1v) is 13.1. The number of carbonyl (C=O) groups is 3. The zero-order valence-corrected chi connectivity index (χ0v) is 21.1. The number of rotatable bonds is 9. The number of nitrogens with zero attached hydrogens (tertiary/aromatic N) is 3. The van der Waals surface area contributed by atoms with Gasteiger partial charge in [-0.2, -0.15) is 0 Å². The molecule has 0 aromatic heterocycles. The molecule has 4 rings (SSSR count). The third-order valence-electron chi connectivity index (χ3n) is 7.72. The molecule has 3 atom stereocenters. The summed E-state index contributed by atoms with van der Waals surface area (Å²) in [4.78, 5) is 44.7. The Bertz CT molecular complexity index is 887. The molecule has 0 N–H and O–H groups in total. The fourth-order valence-electron chi connectivity index (χ4n) is 5.94. The Morgan fingerprint density at radius 1 is 1.09 bits per heavy atom. The van der Waals surface area contributed by atoms with Crippen molar-refractivity contribution in [3.63, 3.8) is 0 Å². The molecule has 3 heterocycles. The van der Waals surface area contributed by atoms with Crippen molar-refractivity contribution >= 4 is 23.5 Å². The predicted octanol–water partition coefficient (Wildman–Crippen LogP) is 2.96. The van der Waals surface area contributed by atoms with E-state index < -0.39 is 0 Å². The molecule has 0 saturated carbocycles. The summed E-state index contributed by atoms with van der Waals surface area (Å²) < 4.78 is 10.4. The summed E-state index contributed by atoms with van der Waals surface area (Å²) in [5.41, 5.74) is 1.15. The smallest absolute Gasteiger partial charge is 0.338 e. The van der Waals surface area contributed by atoms with Crippen LogP contribution in [0.15, 0.2) is 24.3 Å². The molecule has 2 amide bonds. The lowest BCUT2D eigenvalue weighted by Gasteiger charge is -2.46. The Labute approximate surface area is 208 Å². The SMILES string of the molecule is CCOC(=O)c1ccc(N2CC(C(=O)N(CCOC)CC3CCCN4CCCCC34)CC2=O)cc1. The van der Waals surface area contributed by atoms with E-state index in [0.29, 0.717) is 49.5 Å². The second-order valence-electron chi connectivity index (χ2n) is 9.95. The molecule has 0 spiro atoms. The van der Waals surface area contributed by atoms with Gasteiger partial charge in [-0.1, -0.05) is 6.42 Å². The summed E-state index contributed by atoms with van der Waals surface area (Å²) in [5.74, 6) is -0.277. The van der Waals surface area contributed by atoms with Crippen molar-refractivity contribution in [2.75, 3.05) is 57.9 Å². The minimum Gasteiger partial charge on any atom is -0.462 e. The summed E-state index contributed by atoms with van der Waals surface area (Å²) in [7, 11) is 1.66. The number of carbonyl (C=O) groups excluding carboxylic acids is 3. The second-order valence-corrected chi connectivity index (χ2v) is 9.95. The zero-order chi connectivity index (χ0) is 24.8. The Morgan fingerprint density at radius 2 is 1.86 bits per heavy atom. The molecule has 1 aromatic carbocycles. The van der Waals surface area contributed by atoms with E-state index in [2.05, 4.69) is 4.90 Å². The summed E-state index contributed by atoms with van der Waals surface area (Å²) >= 11 is 0. The number of fused-ring (bicyclic) bond motifs is 1. The van der Waals surface area contributed by atoms with Crippen molar-refractivity contribution in [1.82, 2.24) is 9.80 Å². The highest BCUT2D eigenvalue weighted by Crippen LogP contribution is 2.32. The lowest BCUT2D eigenvalue weighted by molar-refractivity contribution is -0.137. The summed E-state index contributed by atoms with van der Waals surface area (Å²) in [6, 6.07) is 7.40. The molecule has 3 unspecified atom stereocenters. The van der Waals surface area contributed by atoms with E-state index in [0.717, 1.165) is 13.0 Å². The average molecular weight is 486 g/mol. The van der Waals surface area contributed by atoms with E-state index in [9.17, 15) is 14.4 Å². The van der Waals surface area contributed by atoms with Crippen LogP contribution in [0, 0.1) is 11.8 Å². The maximum Gasteiger partial charge on any atom is 0.338 e. The maximum atomic E-state index is 13.6. The van der Waals surface area contributed by atoms with Crippen molar-refractivity contribution in [1.29, 1.82) is 0 Å². The van der Waals surface area contributed by atoms with Gasteiger partial charge in [0.15, 0.2) is 0 Å². The Hall–Kier alpha value is -2.45. The number of anilines is 1. The first-order valence-electron chi connectivity index (χ1n) is 13.1. The minimum absolute atomic E-state index is 0.0500. The largest absolute Gasteiger partial charge is 0.462 e. The van der Waals surface area contributed by atoms with Gasteiger partial charge in [0.05, 0.1) is 24.7 Å². The quantitative estimate of drug-likeness (QED) is 0.501. The maximum absolute atomic E-state index is 13.6. The van der Waals surface area contributed by atoms with Crippen LogP contribution >= 0.6 is 0 Å². The van der Waals surface area contributed by atoms with Crippen LogP contribution in [-0.2, 0) is 19.1 Å². The third-order valence-corrected chi connectivity index (χ3v) is 7.72. The highest BCUT2D eigenvalue weighted by atomic mass is 16.5. The van der Waals surface area contributed by atoms with Gasteiger partial charge >= 0.3 is 5.97 Å². The van der Waals surface area contributed by atoms with Crippen molar-refractivity contribution in [3.8, 4) is 0 Å². The van der Waals surface area contributed by atoms with Crippen LogP contribution in [0.25, 0.3) is 0 Å². The monoisotopic (exact) mass is 485 g/mol. The minimum atomic E-state index is -0.382. The Kier molecular flexibility index (Phi) is 8.78. The van der Waals surface area contributed by atoms with E-state index >= 15 is 0 Å². The van der Waals surface area contributed by atoms with Gasteiger partial charge in [0.1, 0.15) is 0 Å². The van der Waals surface area contributed by atoms with E-state index in [1.54, 1.807) is 43.2 Å². The Morgan fingerprint density at radius 3 is 2.60 bits per heavy atom. The van der Waals surface area contributed by atoms with Crippen LogP contribution in [-0.4, -0.2) is 86.7 Å². The lowest BCUT2D eigenvalue weighted by atomic mass is 9.83. The molecule has 35 heavy (non-hydrogen) atoms. The van der Waals surface area contributed by atoms with Crippen molar-refractivity contribution in [2.24, 2.45) is 11.8 Å². The molecule has 3 aliphatic heterocycles. The topological polar surface area (TPSA) is 79.4 Å². The van der Waals surface area contributed by atoms with Gasteiger partial charge in [-0.15, -0.1) is 0 Å². The standard InChI is InChI=1S/C27H39N3O5/c1-3-35-27(33)20-9-11-23(12-10-20)30-19-22(17-25(30)31)26(32)29(15-16-34-2)18-21-7-6-14-28-13-5-4-8-24(21)28/h9-12,21-22,24H,3-8,13-19H2,1-2H3. The lowest BCUT2D eigenvalue weighted by Crippen LogP contribution is -2.52. The first kappa shape index (κ1) is 25.6. The van der Waals surface area contributed by atoms with Crippen molar-refractivity contribution < 1.29 is 23.9 Å². The third kappa shape index (κ3) is 6.04. The van der Waals surface area contributed by atoms with Gasteiger partial charge in [-0.05, 0) is 75.9 Å². The molecule has 0 radical (unpaired) electrons. The van der Waals surface area contributed by atoms with Crippen LogP contribution < -0.4 is 4.90 Å². The molecule has 1 aromatic rings. The van der Waals surface area contributed by atoms with E-state index in [1.165, 1.54) is 38.8 Å². The van der Waals surface area contributed by atoms with Gasteiger partial charge in [0.2, 0.25) is 11.8 Å². The van der Waals surface area contributed by atoms with Crippen LogP contribution in [0.5, 0.6) is 0 Å². The van der Waals surface area contributed by atoms with Crippen LogP contribution in [0.2, 0.25) is 0 Å². The number of benzene rings is 1. The second kappa shape index (κ2) is 12.0. The van der Waals surface area contributed by atoms with E-state index in [4.69, 9.17) is 9.47 Å². The van der Waals surface area contributed by atoms with Gasteiger partial charge in [0.25, 0.3) is 0 Å². The van der Waals surface area contributed by atoms with Crippen LogP contribution in [0.4, 0.5) is 5.69 Å². The summed E-state index contributed by atoms with van der Waals surface area (Å²) in [5, 5.41) is 0. The molecule has 3 aliphatic rings. The molecule has 192 valence electrons. The number of hydrogen-bond donors (Lipinski definition) is 0. The number of methoxy groups -OCH3 is 1. The van der Waals surface area contributed by atoms with Gasteiger partial charge in [-0.3, -0.25) is 9.59 Å².